The van der Waals surface area contributed by atoms with Crippen molar-refractivity contribution in [3.63, 3.8) is 0 Å². The molecular weight excluding hydrogens is 382 g/mol. The van der Waals surface area contributed by atoms with Crippen LogP contribution in [0.1, 0.15) is 38.7 Å². The summed E-state index contributed by atoms with van der Waals surface area (Å²) in [6.07, 6.45) is -0.742. The Kier molecular flexibility index (Phi) is 5.86. The highest BCUT2D eigenvalue weighted by Crippen LogP contribution is 2.28. The Balaban J connectivity index is 1.71. The zero-order valence-electron chi connectivity index (χ0n) is 14.6. The molecule has 2 aromatic carbocycles. The molecule has 0 aliphatic heterocycles. The highest BCUT2D eigenvalue weighted by Gasteiger charge is 2.17. The van der Waals surface area contributed by atoms with Crippen molar-refractivity contribution in [3.05, 3.63) is 87.6 Å². The van der Waals surface area contributed by atoms with Crippen molar-refractivity contribution in [2.24, 2.45) is 0 Å². The Morgan fingerprint density at radius 3 is 2.52 bits per heavy atom. The minimum absolute atomic E-state index is 0.0521. The maximum absolute atomic E-state index is 12.5. The lowest BCUT2D eigenvalue weighted by molar-refractivity contribution is 0.101. The number of aliphatic hydroxyl groups excluding tert-OH is 1. The van der Waals surface area contributed by atoms with Gasteiger partial charge in [-0.2, -0.15) is 0 Å². The molecule has 1 aromatic heterocycles. The molecule has 1 heterocycles. The average molecular weight is 402 g/mol. The molecule has 0 amide bonds. The van der Waals surface area contributed by atoms with Crippen LogP contribution >= 0.6 is 11.3 Å². The van der Waals surface area contributed by atoms with Crippen molar-refractivity contribution >= 4 is 27.1 Å². The number of carbonyl (C=O) groups is 1. The number of rotatable bonds is 7. The summed E-state index contributed by atoms with van der Waals surface area (Å²) >= 11 is 1.35. The third-order valence-corrected chi connectivity index (χ3v) is 6.59. The summed E-state index contributed by atoms with van der Waals surface area (Å²) in [7, 11) is -3.74. The molecule has 0 radical (unpaired) electrons. The number of aliphatic hydroxyl groups is 1. The second-order valence-corrected chi connectivity index (χ2v) is 8.99. The van der Waals surface area contributed by atoms with Crippen LogP contribution in [0.15, 0.2) is 71.6 Å². The first-order chi connectivity index (χ1) is 12.9. The SMILES string of the molecule is CC(=O)c1cccc(S(=O)(=O)NCc2ccc([C@H](O)c3ccccc3)s2)c1. The monoisotopic (exact) mass is 401 g/mol. The summed E-state index contributed by atoms with van der Waals surface area (Å²) in [5.74, 6) is -0.190. The maximum Gasteiger partial charge on any atom is 0.240 e. The third kappa shape index (κ3) is 4.70. The third-order valence-electron chi connectivity index (χ3n) is 4.05. The Hall–Kier alpha value is -2.32. The number of sulfonamides is 1. The number of hydrogen-bond acceptors (Lipinski definition) is 5. The molecule has 0 aliphatic carbocycles. The van der Waals surface area contributed by atoms with E-state index in [9.17, 15) is 18.3 Å². The minimum Gasteiger partial charge on any atom is -0.383 e. The molecule has 0 aliphatic rings. The van der Waals surface area contributed by atoms with E-state index in [1.54, 1.807) is 24.3 Å². The summed E-state index contributed by atoms with van der Waals surface area (Å²) in [6, 6.07) is 18.8. The van der Waals surface area contributed by atoms with Crippen LogP contribution in [0.2, 0.25) is 0 Å². The van der Waals surface area contributed by atoms with E-state index < -0.39 is 16.1 Å². The molecule has 5 nitrogen and oxygen atoms in total. The van der Waals surface area contributed by atoms with E-state index in [-0.39, 0.29) is 17.2 Å². The quantitative estimate of drug-likeness (QED) is 0.594. The molecule has 0 spiro atoms. The maximum atomic E-state index is 12.5. The second-order valence-electron chi connectivity index (χ2n) is 6.03. The fourth-order valence-corrected chi connectivity index (χ4v) is 4.68. The van der Waals surface area contributed by atoms with Crippen LogP contribution in [0, 0.1) is 0 Å². The fourth-order valence-electron chi connectivity index (χ4n) is 2.57. The second kappa shape index (κ2) is 8.14. The summed E-state index contributed by atoms with van der Waals surface area (Å²) in [4.78, 5) is 13.0. The van der Waals surface area contributed by atoms with Crippen LogP contribution < -0.4 is 4.72 Å². The van der Waals surface area contributed by atoms with Gasteiger partial charge in [0.05, 0.1) is 4.90 Å². The van der Waals surface area contributed by atoms with Gasteiger partial charge in [0.2, 0.25) is 10.0 Å². The van der Waals surface area contributed by atoms with Crippen LogP contribution in [0.4, 0.5) is 0 Å². The predicted molar refractivity (Wildman–Crippen MR) is 105 cm³/mol. The van der Waals surface area contributed by atoms with Crippen LogP contribution in [-0.4, -0.2) is 19.3 Å². The first-order valence-corrected chi connectivity index (χ1v) is 10.6. The van der Waals surface area contributed by atoms with Gasteiger partial charge in [-0.15, -0.1) is 11.3 Å². The Morgan fingerprint density at radius 1 is 1.07 bits per heavy atom. The van der Waals surface area contributed by atoms with E-state index >= 15 is 0 Å². The summed E-state index contributed by atoms with van der Waals surface area (Å²) in [5.41, 5.74) is 1.13. The number of ketones is 1. The number of nitrogens with one attached hydrogen (secondary N) is 1. The van der Waals surface area contributed by atoms with Gasteiger partial charge >= 0.3 is 0 Å². The van der Waals surface area contributed by atoms with Crippen molar-refractivity contribution in [1.82, 2.24) is 4.72 Å². The fraction of sp³-hybridized carbons (Fsp3) is 0.150. The van der Waals surface area contributed by atoms with Crippen LogP contribution in [0.25, 0.3) is 0 Å². The molecule has 0 saturated heterocycles. The van der Waals surface area contributed by atoms with E-state index in [2.05, 4.69) is 4.72 Å². The lowest BCUT2D eigenvalue weighted by Crippen LogP contribution is -2.23. The van der Waals surface area contributed by atoms with Gasteiger partial charge < -0.3 is 5.11 Å². The Morgan fingerprint density at radius 2 is 1.81 bits per heavy atom. The Bertz CT molecular complexity index is 1040. The lowest BCUT2D eigenvalue weighted by Gasteiger charge is -2.08. The van der Waals surface area contributed by atoms with Crippen LogP contribution in [0.5, 0.6) is 0 Å². The first-order valence-electron chi connectivity index (χ1n) is 8.29. The highest BCUT2D eigenvalue weighted by atomic mass is 32.2. The highest BCUT2D eigenvalue weighted by molar-refractivity contribution is 7.89. The van der Waals surface area contributed by atoms with Crippen molar-refractivity contribution in [1.29, 1.82) is 0 Å². The van der Waals surface area contributed by atoms with Gasteiger partial charge in [0, 0.05) is 21.9 Å². The lowest BCUT2D eigenvalue weighted by atomic mass is 10.1. The van der Waals surface area contributed by atoms with Crippen molar-refractivity contribution < 1.29 is 18.3 Å². The van der Waals surface area contributed by atoms with E-state index in [0.717, 1.165) is 15.3 Å². The number of hydrogen-bond donors (Lipinski definition) is 2. The van der Waals surface area contributed by atoms with Gasteiger partial charge in [0.1, 0.15) is 6.10 Å². The molecule has 0 saturated carbocycles. The molecule has 2 N–H and O–H groups in total. The average Bonchev–Trinajstić information content (AvgIpc) is 3.16. The molecule has 3 rings (SSSR count). The topological polar surface area (TPSA) is 83.5 Å². The van der Waals surface area contributed by atoms with Crippen molar-refractivity contribution in [2.75, 3.05) is 0 Å². The predicted octanol–water partition coefficient (Wildman–Crippen LogP) is 3.51. The molecule has 140 valence electrons. The minimum atomic E-state index is -3.74. The van der Waals surface area contributed by atoms with Gasteiger partial charge in [-0.1, -0.05) is 42.5 Å². The van der Waals surface area contributed by atoms with Gasteiger partial charge in [-0.25, -0.2) is 13.1 Å². The van der Waals surface area contributed by atoms with Crippen LogP contribution in [0.3, 0.4) is 0 Å². The molecule has 7 heteroatoms. The molecule has 3 aromatic rings. The van der Waals surface area contributed by atoms with E-state index in [0.29, 0.717) is 5.56 Å². The smallest absolute Gasteiger partial charge is 0.240 e. The number of carbonyl (C=O) groups excluding carboxylic acids is 1. The standard InChI is InChI=1S/C20H19NO4S2/c1-14(22)16-8-5-9-18(12-16)27(24,25)21-13-17-10-11-19(26-17)20(23)15-6-3-2-4-7-15/h2-12,20-21,23H,13H2,1H3/t20-/m1/s1. The van der Waals surface area contributed by atoms with Crippen molar-refractivity contribution in [2.45, 2.75) is 24.5 Å². The molecule has 0 bridgehead atoms. The van der Waals surface area contributed by atoms with Gasteiger partial charge in [-0.05, 0) is 36.8 Å². The zero-order valence-corrected chi connectivity index (χ0v) is 16.3. The van der Waals surface area contributed by atoms with E-state index in [4.69, 9.17) is 0 Å². The number of Topliss-reactive ketones (excluding diaryl/α,β-unsaturated/α-hetero) is 1. The number of thiophene rings is 1. The van der Waals surface area contributed by atoms with E-state index in [1.165, 1.54) is 30.4 Å². The summed E-state index contributed by atoms with van der Waals surface area (Å²) in [5, 5.41) is 10.4. The van der Waals surface area contributed by atoms with Gasteiger partial charge in [-0.3, -0.25) is 4.79 Å². The molecule has 0 unspecified atom stereocenters. The molecule has 27 heavy (non-hydrogen) atoms. The van der Waals surface area contributed by atoms with E-state index in [1.807, 2.05) is 30.3 Å². The number of benzene rings is 2. The summed E-state index contributed by atoms with van der Waals surface area (Å²) < 4.78 is 27.5. The largest absolute Gasteiger partial charge is 0.383 e. The van der Waals surface area contributed by atoms with Gasteiger partial charge in [0.15, 0.2) is 5.78 Å². The first kappa shape index (κ1) is 19.4. The normalized spacial score (nSPS) is 12.7. The Labute approximate surface area is 162 Å². The van der Waals surface area contributed by atoms with Gasteiger partial charge in [0.25, 0.3) is 0 Å². The zero-order chi connectivity index (χ0) is 19.4. The molecular formula is C20H19NO4S2. The van der Waals surface area contributed by atoms with Crippen molar-refractivity contribution in [3.8, 4) is 0 Å². The van der Waals surface area contributed by atoms with Crippen LogP contribution in [-0.2, 0) is 16.6 Å². The molecule has 0 fully saturated rings. The summed E-state index contributed by atoms with van der Waals surface area (Å²) in [6.45, 7) is 1.50. The molecule has 1 atom stereocenters.